The van der Waals surface area contributed by atoms with E-state index in [1.165, 1.54) is 5.56 Å². The molecule has 2 aromatic carbocycles. The van der Waals surface area contributed by atoms with E-state index in [2.05, 4.69) is 46.0 Å². The molecule has 1 fully saturated rings. The minimum Gasteiger partial charge on any atom is -0.339 e. The van der Waals surface area contributed by atoms with Crippen LogP contribution in [0.4, 0.5) is 0 Å². The number of nitrogens with zero attached hydrogens (tertiary/aromatic N) is 4. The SMILES string of the molecule is Cc1ccc(-n2c(C)nnc2SCc2ccccc2C(=O)N2CCCC2)cc1. The van der Waals surface area contributed by atoms with Gasteiger partial charge < -0.3 is 4.90 Å². The standard InChI is InChI=1S/C22H24N4OS/c1-16-9-11-19(12-10-16)26-17(2)23-24-22(26)28-15-18-7-3-4-8-20(18)21(27)25-13-5-6-14-25/h3-4,7-12H,5-6,13-15H2,1-2H3. The third kappa shape index (κ3) is 3.83. The van der Waals surface area contributed by atoms with Crippen LogP contribution < -0.4 is 0 Å². The molecule has 28 heavy (non-hydrogen) atoms. The van der Waals surface area contributed by atoms with E-state index in [0.717, 1.165) is 53.7 Å². The molecule has 3 aromatic rings. The highest BCUT2D eigenvalue weighted by molar-refractivity contribution is 7.98. The summed E-state index contributed by atoms with van der Waals surface area (Å²) in [7, 11) is 0. The first-order valence-electron chi connectivity index (χ1n) is 9.62. The minimum atomic E-state index is 0.143. The first-order valence-corrected chi connectivity index (χ1v) is 10.6. The predicted molar refractivity (Wildman–Crippen MR) is 112 cm³/mol. The second-order valence-corrected chi connectivity index (χ2v) is 8.09. The molecule has 1 saturated heterocycles. The average Bonchev–Trinajstić information content (AvgIpc) is 3.37. The molecule has 0 spiro atoms. The maximum absolute atomic E-state index is 12.9. The Bertz CT molecular complexity index is 974. The van der Waals surface area contributed by atoms with Gasteiger partial charge in [-0.1, -0.05) is 47.7 Å². The van der Waals surface area contributed by atoms with Crippen molar-refractivity contribution in [2.24, 2.45) is 0 Å². The number of thioether (sulfide) groups is 1. The summed E-state index contributed by atoms with van der Waals surface area (Å²) in [5.41, 5.74) is 4.12. The summed E-state index contributed by atoms with van der Waals surface area (Å²) in [6.07, 6.45) is 2.20. The van der Waals surface area contributed by atoms with Crippen molar-refractivity contribution in [3.8, 4) is 5.69 Å². The molecule has 0 saturated carbocycles. The Hall–Kier alpha value is -2.60. The van der Waals surface area contributed by atoms with Crippen LogP contribution in [0, 0.1) is 13.8 Å². The van der Waals surface area contributed by atoms with Gasteiger partial charge in [-0.25, -0.2) is 0 Å². The molecule has 1 amide bonds. The number of aromatic nitrogens is 3. The minimum absolute atomic E-state index is 0.143. The molecule has 0 unspecified atom stereocenters. The Kier molecular flexibility index (Phi) is 5.48. The Morgan fingerprint density at radius 1 is 1.00 bits per heavy atom. The van der Waals surface area contributed by atoms with Gasteiger partial charge in [0.05, 0.1) is 0 Å². The number of aryl methyl sites for hydroxylation is 2. The molecule has 5 nitrogen and oxygen atoms in total. The number of hydrogen-bond donors (Lipinski definition) is 0. The summed E-state index contributed by atoms with van der Waals surface area (Å²) >= 11 is 1.61. The topological polar surface area (TPSA) is 51.0 Å². The molecule has 0 radical (unpaired) electrons. The number of benzene rings is 2. The molecule has 1 aliphatic heterocycles. The van der Waals surface area contributed by atoms with Crippen molar-refractivity contribution < 1.29 is 4.79 Å². The Morgan fingerprint density at radius 2 is 1.71 bits per heavy atom. The fourth-order valence-corrected chi connectivity index (χ4v) is 4.52. The van der Waals surface area contributed by atoms with Crippen LogP contribution in [0.2, 0.25) is 0 Å². The van der Waals surface area contributed by atoms with Gasteiger partial charge in [-0.05, 0) is 50.5 Å². The van der Waals surface area contributed by atoms with Crippen LogP contribution in [0.3, 0.4) is 0 Å². The van der Waals surface area contributed by atoms with E-state index in [9.17, 15) is 4.79 Å². The van der Waals surface area contributed by atoms with Gasteiger partial charge >= 0.3 is 0 Å². The van der Waals surface area contributed by atoms with E-state index in [1.54, 1.807) is 11.8 Å². The van der Waals surface area contributed by atoms with Crippen LogP contribution in [0.25, 0.3) is 5.69 Å². The zero-order valence-corrected chi connectivity index (χ0v) is 17.1. The quantitative estimate of drug-likeness (QED) is 0.604. The summed E-state index contributed by atoms with van der Waals surface area (Å²) in [4.78, 5) is 14.8. The highest BCUT2D eigenvalue weighted by Gasteiger charge is 2.22. The molecule has 2 heterocycles. The van der Waals surface area contributed by atoms with Crippen LogP contribution in [-0.2, 0) is 5.75 Å². The second kappa shape index (κ2) is 8.19. The number of carbonyl (C=O) groups excluding carboxylic acids is 1. The monoisotopic (exact) mass is 392 g/mol. The molecule has 1 aliphatic rings. The van der Waals surface area contributed by atoms with E-state index in [-0.39, 0.29) is 5.91 Å². The van der Waals surface area contributed by atoms with Gasteiger partial charge in [0.1, 0.15) is 5.82 Å². The maximum atomic E-state index is 12.9. The third-order valence-corrected chi connectivity index (χ3v) is 6.06. The molecule has 0 atom stereocenters. The summed E-state index contributed by atoms with van der Waals surface area (Å²) in [6.45, 7) is 5.76. The van der Waals surface area contributed by atoms with Gasteiger partial charge in [0.15, 0.2) is 5.16 Å². The first-order chi connectivity index (χ1) is 13.6. The van der Waals surface area contributed by atoms with Crippen molar-refractivity contribution in [2.45, 2.75) is 37.6 Å². The van der Waals surface area contributed by atoms with E-state index in [1.807, 2.05) is 36.1 Å². The first kappa shape index (κ1) is 18.7. The Morgan fingerprint density at radius 3 is 2.46 bits per heavy atom. The zero-order chi connectivity index (χ0) is 19.5. The summed E-state index contributed by atoms with van der Waals surface area (Å²) in [6, 6.07) is 16.3. The fourth-order valence-electron chi connectivity index (χ4n) is 3.52. The van der Waals surface area contributed by atoms with Crippen molar-refractivity contribution in [1.82, 2.24) is 19.7 Å². The largest absolute Gasteiger partial charge is 0.339 e. The summed E-state index contributed by atoms with van der Waals surface area (Å²) < 4.78 is 2.06. The lowest BCUT2D eigenvalue weighted by Gasteiger charge is -2.17. The van der Waals surface area contributed by atoms with Gasteiger partial charge in [-0.15, -0.1) is 10.2 Å². The lowest BCUT2D eigenvalue weighted by Crippen LogP contribution is -2.28. The van der Waals surface area contributed by atoms with Crippen molar-refractivity contribution in [2.75, 3.05) is 13.1 Å². The van der Waals surface area contributed by atoms with Gasteiger partial charge in [-0.2, -0.15) is 0 Å². The molecule has 0 bridgehead atoms. The highest BCUT2D eigenvalue weighted by Crippen LogP contribution is 2.27. The smallest absolute Gasteiger partial charge is 0.254 e. The van der Waals surface area contributed by atoms with Crippen LogP contribution >= 0.6 is 11.8 Å². The van der Waals surface area contributed by atoms with Crippen molar-refractivity contribution in [3.05, 3.63) is 71.0 Å². The fraction of sp³-hybridized carbons (Fsp3) is 0.318. The molecule has 0 aliphatic carbocycles. The van der Waals surface area contributed by atoms with E-state index in [0.29, 0.717) is 5.75 Å². The second-order valence-electron chi connectivity index (χ2n) is 7.15. The highest BCUT2D eigenvalue weighted by atomic mass is 32.2. The van der Waals surface area contributed by atoms with Crippen LogP contribution in [0.5, 0.6) is 0 Å². The lowest BCUT2D eigenvalue weighted by atomic mass is 10.1. The van der Waals surface area contributed by atoms with Crippen molar-refractivity contribution in [1.29, 1.82) is 0 Å². The van der Waals surface area contributed by atoms with Crippen molar-refractivity contribution >= 4 is 17.7 Å². The van der Waals surface area contributed by atoms with E-state index in [4.69, 9.17) is 0 Å². The number of amides is 1. The molecule has 144 valence electrons. The summed E-state index contributed by atoms with van der Waals surface area (Å²) in [5.74, 6) is 1.68. The predicted octanol–water partition coefficient (Wildman–Crippen LogP) is 4.41. The van der Waals surface area contributed by atoms with E-state index < -0.39 is 0 Å². The number of rotatable bonds is 5. The lowest BCUT2D eigenvalue weighted by molar-refractivity contribution is 0.0792. The van der Waals surface area contributed by atoms with Crippen molar-refractivity contribution in [3.63, 3.8) is 0 Å². The van der Waals surface area contributed by atoms with Crippen LogP contribution in [0.1, 0.15) is 40.2 Å². The molecule has 6 heteroatoms. The average molecular weight is 393 g/mol. The summed E-state index contributed by atoms with van der Waals surface area (Å²) in [5, 5.41) is 9.47. The van der Waals surface area contributed by atoms with E-state index >= 15 is 0 Å². The van der Waals surface area contributed by atoms with Gasteiger partial charge in [0, 0.05) is 30.1 Å². The Balaban J connectivity index is 1.56. The maximum Gasteiger partial charge on any atom is 0.254 e. The molecule has 1 aromatic heterocycles. The number of hydrogen-bond acceptors (Lipinski definition) is 4. The Labute approximate surface area is 169 Å². The van der Waals surface area contributed by atoms with Gasteiger partial charge in [0.2, 0.25) is 0 Å². The molecule has 4 rings (SSSR count). The van der Waals surface area contributed by atoms with Gasteiger partial charge in [-0.3, -0.25) is 9.36 Å². The molecule has 0 N–H and O–H groups in total. The normalized spacial score (nSPS) is 13.9. The molecular formula is C22H24N4OS. The molecular weight excluding hydrogens is 368 g/mol. The van der Waals surface area contributed by atoms with Crippen LogP contribution in [0.15, 0.2) is 53.7 Å². The third-order valence-electron chi connectivity index (χ3n) is 5.09. The van der Waals surface area contributed by atoms with Gasteiger partial charge in [0.25, 0.3) is 5.91 Å². The van der Waals surface area contributed by atoms with Crippen LogP contribution in [-0.4, -0.2) is 38.7 Å². The zero-order valence-electron chi connectivity index (χ0n) is 16.3. The number of carbonyl (C=O) groups is 1. The number of likely N-dealkylation sites (tertiary alicyclic amines) is 1.